The molecular weight excluding hydrogens is 769 g/mol. The molecule has 14 nitrogen and oxygen atoms in total. The average Bonchev–Trinajstić information content (AvgIpc) is 3.94. The smallest absolute Gasteiger partial charge is 0.341 e. The molecule has 3 N–H and O–H groups in total. The van der Waals surface area contributed by atoms with Crippen molar-refractivity contribution < 1.29 is 48.3 Å². The van der Waals surface area contributed by atoms with Crippen molar-refractivity contribution in [3.8, 4) is 5.75 Å². The summed E-state index contributed by atoms with van der Waals surface area (Å²) in [6.07, 6.45) is 7.16. The number of amides is 1. The zero-order valence-corrected chi connectivity index (χ0v) is 35.3. The third-order valence-corrected chi connectivity index (χ3v) is 15.7. The summed E-state index contributed by atoms with van der Waals surface area (Å²) < 4.78 is 23.0. The number of nitrogens with zero attached hydrogens (tertiary/aromatic N) is 3. The van der Waals surface area contributed by atoms with Gasteiger partial charge in [-0.25, -0.2) is 4.79 Å². The number of aliphatic hydroxyl groups is 2. The number of H-pyrrole nitrogens is 1. The summed E-state index contributed by atoms with van der Waals surface area (Å²) >= 11 is 0. The van der Waals surface area contributed by atoms with Gasteiger partial charge in [0.2, 0.25) is 6.41 Å². The monoisotopic (exact) mass is 824 g/mol. The summed E-state index contributed by atoms with van der Waals surface area (Å²) in [6.45, 7) is 6.87. The van der Waals surface area contributed by atoms with Crippen LogP contribution in [0.5, 0.6) is 5.75 Å². The van der Waals surface area contributed by atoms with Crippen LogP contribution in [0.25, 0.3) is 10.9 Å². The summed E-state index contributed by atoms with van der Waals surface area (Å²) in [5, 5.41) is 26.3. The van der Waals surface area contributed by atoms with Crippen LogP contribution in [0.1, 0.15) is 68.3 Å². The van der Waals surface area contributed by atoms with Gasteiger partial charge >= 0.3 is 17.9 Å². The lowest BCUT2D eigenvalue weighted by Gasteiger charge is -2.63. The second kappa shape index (κ2) is 14.1. The van der Waals surface area contributed by atoms with Crippen LogP contribution in [0.4, 0.5) is 5.69 Å². The Balaban J connectivity index is 1.39. The Bertz CT molecular complexity index is 2310. The molecule has 6 aliphatic rings. The van der Waals surface area contributed by atoms with Gasteiger partial charge in [0.05, 0.1) is 45.8 Å². The SMILES string of the molecule is CC[C@]1(O)C[C@@H]2CN(CCc3c([nH]c4ccccc34)[C@@](C(=O)OC)(c3cc4c(cc3OC)N(C=O)[C@H]3[C@@](O)(C(=O)OC)[C@H](C(=O)OC)[C@]5(CC)C=CCN6CC[C@]43[C@@H]65)C2)C1. The Morgan fingerprint density at radius 2 is 1.70 bits per heavy atom. The maximum absolute atomic E-state index is 15.3. The second-order valence-electron chi connectivity index (χ2n) is 18.1. The van der Waals surface area contributed by atoms with Crippen molar-refractivity contribution in [2.75, 3.05) is 66.1 Å². The first-order valence-electron chi connectivity index (χ1n) is 21.2. The highest BCUT2D eigenvalue weighted by molar-refractivity contribution is 5.98. The average molecular weight is 825 g/mol. The van der Waals surface area contributed by atoms with Gasteiger partial charge in [-0.3, -0.25) is 24.2 Å². The van der Waals surface area contributed by atoms with E-state index in [1.165, 1.54) is 33.3 Å². The van der Waals surface area contributed by atoms with Gasteiger partial charge < -0.3 is 39.0 Å². The highest BCUT2D eigenvalue weighted by Gasteiger charge is 2.81. The fourth-order valence-corrected chi connectivity index (χ4v) is 13.6. The van der Waals surface area contributed by atoms with E-state index < -0.39 is 63.4 Å². The van der Waals surface area contributed by atoms with E-state index in [0.29, 0.717) is 99.5 Å². The zero-order chi connectivity index (χ0) is 42.6. The van der Waals surface area contributed by atoms with E-state index in [9.17, 15) is 24.6 Å². The van der Waals surface area contributed by atoms with E-state index in [1.807, 2.05) is 50.3 Å². The van der Waals surface area contributed by atoms with Crippen molar-refractivity contribution in [1.82, 2.24) is 14.8 Å². The first-order chi connectivity index (χ1) is 28.8. The van der Waals surface area contributed by atoms with Crippen LogP contribution in [0.2, 0.25) is 0 Å². The fraction of sp³-hybridized carbons (Fsp3) is 0.565. The molecule has 1 amide bonds. The molecule has 60 heavy (non-hydrogen) atoms. The first-order valence-corrected chi connectivity index (χ1v) is 21.2. The number of carbonyl (C=O) groups excluding carboxylic acids is 4. The summed E-state index contributed by atoms with van der Waals surface area (Å²) in [7, 11) is 5.31. The summed E-state index contributed by atoms with van der Waals surface area (Å²) in [4.78, 5) is 67.3. The number of methoxy groups -OCH3 is 4. The Morgan fingerprint density at radius 3 is 2.38 bits per heavy atom. The number of hydrogen-bond acceptors (Lipinski definition) is 12. The number of piperidine rings is 1. The Morgan fingerprint density at radius 1 is 0.933 bits per heavy atom. The van der Waals surface area contributed by atoms with Crippen molar-refractivity contribution in [1.29, 1.82) is 0 Å². The molecule has 6 heterocycles. The van der Waals surface area contributed by atoms with E-state index in [2.05, 4.69) is 20.9 Å². The van der Waals surface area contributed by atoms with E-state index in [1.54, 1.807) is 6.07 Å². The maximum atomic E-state index is 15.3. The van der Waals surface area contributed by atoms with Crippen molar-refractivity contribution in [3.63, 3.8) is 0 Å². The molecule has 9 rings (SSSR count). The molecule has 3 fully saturated rings. The summed E-state index contributed by atoms with van der Waals surface area (Å²) in [5.41, 5.74) is -3.30. The number of para-hydroxylation sites is 1. The zero-order valence-electron chi connectivity index (χ0n) is 35.3. The third-order valence-electron chi connectivity index (χ3n) is 15.7. The number of aromatic nitrogens is 1. The predicted octanol–water partition coefficient (Wildman–Crippen LogP) is 3.38. The van der Waals surface area contributed by atoms with Gasteiger partial charge in [0.1, 0.15) is 17.1 Å². The minimum absolute atomic E-state index is 0.159. The minimum Gasteiger partial charge on any atom is -0.496 e. The van der Waals surface area contributed by atoms with E-state index in [0.717, 1.165) is 16.5 Å². The molecule has 1 unspecified atom stereocenters. The summed E-state index contributed by atoms with van der Waals surface area (Å²) in [6, 6.07) is 9.90. The number of fused-ring (bicyclic) bond motifs is 6. The van der Waals surface area contributed by atoms with Gasteiger partial charge in [0, 0.05) is 71.3 Å². The van der Waals surface area contributed by atoms with Crippen LogP contribution >= 0.6 is 0 Å². The lowest BCUT2D eigenvalue weighted by molar-refractivity contribution is -0.210. The van der Waals surface area contributed by atoms with Gasteiger partial charge in [0.25, 0.3) is 0 Å². The van der Waals surface area contributed by atoms with Gasteiger partial charge in [-0.15, -0.1) is 0 Å². The van der Waals surface area contributed by atoms with Crippen LogP contribution in [0.3, 0.4) is 0 Å². The third kappa shape index (κ3) is 5.07. The molecule has 1 saturated carbocycles. The number of rotatable bonds is 8. The van der Waals surface area contributed by atoms with Crippen LogP contribution in [0, 0.1) is 17.3 Å². The number of hydrogen-bond donors (Lipinski definition) is 3. The van der Waals surface area contributed by atoms with Crippen molar-refractivity contribution in [2.45, 2.75) is 86.5 Å². The number of benzene rings is 2. The Labute approximate surface area is 349 Å². The molecule has 14 heteroatoms. The van der Waals surface area contributed by atoms with Crippen LogP contribution < -0.4 is 9.64 Å². The number of anilines is 1. The number of carbonyl (C=O) groups is 4. The predicted molar refractivity (Wildman–Crippen MR) is 221 cm³/mol. The highest BCUT2D eigenvalue weighted by Crippen LogP contribution is 2.69. The van der Waals surface area contributed by atoms with E-state index in [4.69, 9.17) is 18.9 Å². The van der Waals surface area contributed by atoms with E-state index >= 15 is 4.79 Å². The summed E-state index contributed by atoms with van der Waals surface area (Å²) in [5.74, 6) is -3.64. The van der Waals surface area contributed by atoms with Crippen LogP contribution in [-0.4, -0.2) is 134 Å². The van der Waals surface area contributed by atoms with Crippen molar-refractivity contribution in [2.24, 2.45) is 17.3 Å². The standard InChI is InChI=1S/C46H56N4O10/c1-7-42(55)22-27-23-45(40(53)59-5,36-29(14-18-48(24-27)25-42)28-12-9-10-13-32(28)47-36)31-20-30-33(21-34(31)57-3)50(26-51)39-44(30)16-19-49-17-11-15-43(8-2,38(44)49)35(37(52)58-4)46(39,56)41(54)60-6/h9-13,15,20-21,26-27,35,38-39,47,55-56H,7-8,14,16-19,22-25H2,1-6H3/t27-,35+,38-,39+,42-,43-,44+,45-,46+/m0/s1. The maximum Gasteiger partial charge on any atom is 0.341 e. The normalized spacial score (nSPS) is 36.5. The van der Waals surface area contributed by atoms with Crippen LogP contribution in [-0.2, 0) is 50.6 Å². The molecular formula is C46H56N4O10. The quantitative estimate of drug-likeness (QED) is 0.131. The molecule has 2 aromatic carbocycles. The van der Waals surface area contributed by atoms with Gasteiger partial charge in [-0.05, 0) is 74.2 Å². The fourth-order valence-electron chi connectivity index (χ4n) is 13.6. The molecule has 1 spiro atoms. The van der Waals surface area contributed by atoms with Crippen LogP contribution in [0.15, 0.2) is 48.6 Å². The molecule has 2 bridgehead atoms. The van der Waals surface area contributed by atoms with Gasteiger partial charge in [-0.1, -0.05) is 44.2 Å². The molecule has 320 valence electrons. The molecule has 10 atom stereocenters. The lowest BCUT2D eigenvalue weighted by atomic mass is 9.44. The molecule has 1 aliphatic carbocycles. The molecule has 2 saturated heterocycles. The molecule has 3 aromatic rings. The number of nitrogens with one attached hydrogen (secondary N) is 1. The molecule has 5 aliphatic heterocycles. The molecule has 1 aromatic heterocycles. The molecule has 0 radical (unpaired) electrons. The van der Waals surface area contributed by atoms with Crippen molar-refractivity contribution in [3.05, 3.63) is 70.9 Å². The first kappa shape index (κ1) is 40.6. The number of aromatic amines is 1. The topological polar surface area (TPSA) is 171 Å². The number of esters is 3. The van der Waals surface area contributed by atoms with Crippen molar-refractivity contribution >= 4 is 40.9 Å². The Hall–Kier alpha value is -4.76. The van der Waals surface area contributed by atoms with E-state index in [-0.39, 0.29) is 12.3 Å². The van der Waals surface area contributed by atoms with Gasteiger partial charge in [0.15, 0.2) is 5.60 Å². The minimum atomic E-state index is -2.57. The largest absolute Gasteiger partial charge is 0.496 e. The second-order valence-corrected chi connectivity index (χ2v) is 18.1. The Kier molecular flexibility index (Phi) is 9.58. The highest BCUT2D eigenvalue weighted by atomic mass is 16.5. The number of ether oxygens (including phenoxy) is 4. The lowest BCUT2D eigenvalue weighted by Crippen LogP contribution is -2.80. The van der Waals surface area contributed by atoms with Gasteiger partial charge in [-0.2, -0.15) is 0 Å².